The maximum absolute atomic E-state index is 8.89. The number of nitrogens with two attached hydrogens (primary N) is 1. The van der Waals surface area contributed by atoms with Gasteiger partial charge >= 0.3 is 0 Å². The fourth-order valence-electron chi connectivity index (χ4n) is 1.37. The summed E-state index contributed by atoms with van der Waals surface area (Å²) in [6.45, 7) is 1.71. The minimum absolute atomic E-state index is 0.236. The molecule has 0 amide bonds. The average Bonchev–Trinajstić information content (AvgIpc) is 2.77. The molecule has 0 fully saturated rings. The summed E-state index contributed by atoms with van der Waals surface area (Å²) in [5, 5.41) is 13.1. The Hall–Kier alpha value is -1.43. The third-order valence-electron chi connectivity index (χ3n) is 2.33. The Morgan fingerprint density at radius 3 is 2.94 bits per heavy atom. The van der Waals surface area contributed by atoms with E-state index in [4.69, 9.17) is 27.0 Å². The Kier molecular flexibility index (Phi) is 3.42. The molecule has 3 N–H and O–H groups in total. The van der Waals surface area contributed by atoms with E-state index in [0.29, 0.717) is 16.5 Å². The van der Waals surface area contributed by atoms with Crippen LogP contribution in [0.3, 0.4) is 0 Å². The minimum atomic E-state index is -0.642. The van der Waals surface area contributed by atoms with E-state index in [1.807, 2.05) is 19.1 Å². The number of nitrogens with zero attached hydrogens (tertiary/aromatic N) is 2. The zero-order valence-electron chi connectivity index (χ0n) is 9.22. The Morgan fingerprint density at radius 1 is 1.53 bits per heavy atom. The molecule has 0 aliphatic rings. The maximum atomic E-state index is 8.89. The average molecular weight is 254 g/mol. The first kappa shape index (κ1) is 12.0. The van der Waals surface area contributed by atoms with Crippen LogP contribution in [0.5, 0.6) is 0 Å². The van der Waals surface area contributed by atoms with Crippen molar-refractivity contribution in [2.24, 2.45) is 5.73 Å². The van der Waals surface area contributed by atoms with Gasteiger partial charge in [-0.2, -0.15) is 4.98 Å². The number of hydrogen-bond acceptors (Lipinski definition) is 5. The van der Waals surface area contributed by atoms with E-state index in [9.17, 15) is 0 Å². The van der Waals surface area contributed by atoms with Gasteiger partial charge in [0.2, 0.25) is 0 Å². The van der Waals surface area contributed by atoms with Gasteiger partial charge in [0.15, 0.2) is 5.82 Å². The summed E-state index contributed by atoms with van der Waals surface area (Å²) in [4.78, 5) is 4.09. The maximum Gasteiger partial charge on any atom is 0.259 e. The van der Waals surface area contributed by atoms with Gasteiger partial charge in [-0.3, -0.25) is 0 Å². The van der Waals surface area contributed by atoms with Gasteiger partial charge in [-0.15, -0.1) is 0 Å². The van der Waals surface area contributed by atoms with Crippen molar-refractivity contribution in [1.29, 1.82) is 0 Å². The van der Waals surface area contributed by atoms with Gasteiger partial charge in [-0.05, 0) is 24.6 Å². The van der Waals surface area contributed by atoms with Gasteiger partial charge in [0, 0.05) is 0 Å². The molecule has 17 heavy (non-hydrogen) atoms. The number of benzene rings is 1. The smallest absolute Gasteiger partial charge is 0.259 e. The number of rotatable bonds is 3. The van der Waals surface area contributed by atoms with Crippen molar-refractivity contribution < 1.29 is 9.63 Å². The van der Waals surface area contributed by atoms with E-state index >= 15 is 0 Å². The molecule has 6 heteroatoms. The molecular weight excluding hydrogens is 242 g/mol. The number of hydrogen-bond donors (Lipinski definition) is 2. The molecule has 0 aliphatic heterocycles. The summed E-state index contributed by atoms with van der Waals surface area (Å²) in [5.41, 5.74) is 7.28. The highest BCUT2D eigenvalue weighted by atomic mass is 35.5. The highest BCUT2D eigenvalue weighted by Gasteiger charge is 2.16. The van der Waals surface area contributed by atoms with Gasteiger partial charge in [0.1, 0.15) is 0 Å². The topological polar surface area (TPSA) is 85.2 Å². The molecule has 1 heterocycles. The lowest BCUT2D eigenvalue weighted by Crippen LogP contribution is -2.15. The van der Waals surface area contributed by atoms with Crippen molar-refractivity contribution in [3.8, 4) is 11.5 Å². The lowest BCUT2D eigenvalue weighted by molar-refractivity contribution is 0.260. The van der Waals surface area contributed by atoms with Gasteiger partial charge in [-0.25, -0.2) is 0 Å². The number of halogens is 1. The van der Waals surface area contributed by atoms with Crippen LogP contribution >= 0.6 is 11.6 Å². The van der Waals surface area contributed by atoms with Crippen molar-refractivity contribution in [3.05, 3.63) is 34.6 Å². The van der Waals surface area contributed by atoms with E-state index < -0.39 is 6.04 Å². The first-order chi connectivity index (χ1) is 8.11. The van der Waals surface area contributed by atoms with Crippen LogP contribution in [-0.4, -0.2) is 21.9 Å². The standard InChI is InChI=1S/C11H12ClN3O2/c1-6-2-3-7(8(12)4-6)11-14-10(15-17-11)9(13)5-16/h2-4,9,16H,5,13H2,1H3. The molecule has 1 aromatic heterocycles. The lowest BCUT2D eigenvalue weighted by atomic mass is 10.1. The van der Waals surface area contributed by atoms with E-state index in [1.165, 1.54) is 0 Å². The minimum Gasteiger partial charge on any atom is -0.394 e. The molecule has 0 bridgehead atoms. The van der Waals surface area contributed by atoms with Crippen molar-refractivity contribution >= 4 is 11.6 Å². The van der Waals surface area contributed by atoms with Crippen LogP contribution < -0.4 is 5.73 Å². The normalized spacial score (nSPS) is 12.7. The number of aliphatic hydroxyl groups excluding tert-OH is 1. The Labute approximate surface area is 103 Å². The second-order valence-corrected chi connectivity index (χ2v) is 4.14. The molecule has 1 aromatic carbocycles. The molecule has 90 valence electrons. The predicted octanol–water partition coefficient (Wildman–Crippen LogP) is 1.69. The van der Waals surface area contributed by atoms with E-state index in [2.05, 4.69) is 10.1 Å². The Morgan fingerprint density at radius 2 is 2.29 bits per heavy atom. The van der Waals surface area contributed by atoms with Crippen LogP contribution in [0.15, 0.2) is 22.7 Å². The van der Waals surface area contributed by atoms with Crippen LogP contribution in [0.2, 0.25) is 5.02 Å². The molecule has 2 aromatic rings. The molecule has 1 atom stereocenters. The second kappa shape index (κ2) is 4.83. The molecular formula is C11H12ClN3O2. The molecule has 1 unspecified atom stereocenters. The zero-order chi connectivity index (χ0) is 12.4. The lowest BCUT2D eigenvalue weighted by Gasteiger charge is -2.00. The van der Waals surface area contributed by atoms with Crippen molar-refractivity contribution in [3.63, 3.8) is 0 Å². The van der Waals surface area contributed by atoms with Crippen LogP contribution in [-0.2, 0) is 0 Å². The van der Waals surface area contributed by atoms with Gasteiger partial charge in [0.25, 0.3) is 5.89 Å². The number of aryl methyl sites for hydroxylation is 1. The molecule has 0 aliphatic carbocycles. The third-order valence-corrected chi connectivity index (χ3v) is 2.64. The highest BCUT2D eigenvalue weighted by Crippen LogP contribution is 2.27. The Bertz CT molecular complexity index is 527. The molecule has 0 radical (unpaired) electrons. The number of aromatic nitrogens is 2. The van der Waals surface area contributed by atoms with Crippen LogP contribution in [0, 0.1) is 6.92 Å². The Balaban J connectivity index is 2.37. The van der Waals surface area contributed by atoms with E-state index in [1.54, 1.807) is 6.07 Å². The number of aliphatic hydroxyl groups is 1. The zero-order valence-corrected chi connectivity index (χ0v) is 9.98. The van der Waals surface area contributed by atoms with Gasteiger partial charge in [-0.1, -0.05) is 22.8 Å². The molecule has 0 saturated carbocycles. The fourth-order valence-corrected chi connectivity index (χ4v) is 1.69. The van der Waals surface area contributed by atoms with Crippen LogP contribution in [0.1, 0.15) is 17.4 Å². The monoisotopic (exact) mass is 253 g/mol. The summed E-state index contributed by atoms with van der Waals surface area (Å²) in [6.07, 6.45) is 0. The summed E-state index contributed by atoms with van der Waals surface area (Å²) in [7, 11) is 0. The van der Waals surface area contributed by atoms with Crippen LogP contribution in [0.4, 0.5) is 0 Å². The first-order valence-electron chi connectivity index (χ1n) is 5.08. The van der Waals surface area contributed by atoms with Crippen molar-refractivity contribution in [2.75, 3.05) is 6.61 Å². The predicted molar refractivity (Wildman–Crippen MR) is 63.5 cm³/mol. The quantitative estimate of drug-likeness (QED) is 0.869. The van der Waals surface area contributed by atoms with Crippen LogP contribution in [0.25, 0.3) is 11.5 Å². The van der Waals surface area contributed by atoms with Gasteiger partial charge in [0.05, 0.1) is 23.2 Å². The highest BCUT2D eigenvalue weighted by molar-refractivity contribution is 6.33. The fraction of sp³-hybridized carbons (Fsp3) is 0.273. The molecule has 0 spiro atoms. The van der Waals surface area contributed by atoms with E-state index in [0.717, 1.165) is 5.56 Å². The first-order valence-corrected chi connectivity index (χ1v) is 5.46. The largest absolute Gasteiger partial charge is 0.394 e. The van der Waals surface area contributed by atoms with Crippen molar-refractivity contribution in [2.45, 2.75) is 13.0 Å². The second-order valence-electron chi connectivity index (χ2n) is 3.73. The van der Waals surface area contributed by atoms with Crippen molar-refractivity contribution in [1.82, 2.24) is 10.1 Å². The summed E-state index contributed by atoms with van der Waals surface area (Å²) < 4.78 is 5.06. The summed E-state index contributed by atoms with van der Waals surface area (Å²) in [5.74, 6) is 0.563. The molecule has 0 saturated heterocycles. The summed E-state index contributed by atoms with van der Waals surface area (Å²) >= 11 is 6.08. The molecule has 5 nitrogen and oxygen atoms in total. The SMILES string of the molecule is Cc1ccc(-c2nc(C(N)CO)no2)c(Cl)c1. The van der Waals surface area contributed by atoms with E-state index in [-0.39, 0.29) is 12.4 Å². The van der Waals surface area contributed by atoms with Gasteiger partial charge < -0.3 is 15.4 Å². The molecule has 2 rings (SSSR count). The summed E-state index contributed by atoms with van der Waals surface area (Å²) in [6, 6.07) is 4.88. The third kappa shape index (κ3) is 2.46.